The van der Waals surface area contributed by atoms with E-state index in [1.165, 1.54) is 11.7 Å². The van der Waals surface area contributed by atoms with Crippen molar-refractivity contribution in [1.82, 2.24) is 9.55 Å². The molecule has 0 spiro atoms. The number of aromatic nitrogens is 2. The van der Waals surface area contributed by atoms with E-state index >= 15 is 0 Å². The van der Waals surface area contributed by atoms with Crippen LogP contribution < -0.4 is 10.9 Å². The second-order valence-corrected chi connectivity index (χ2v) is 6.14. The molecule has 0 unspecified atom stereocenters. The topological polar surface area (TPSA) is 90.3 Å². The molecule has 0 aliphatic rings. The van der Waals surface area contributed by atoms with E-state index < -0.39 is 5.97 Å². The normalized spacial score (nSPS) is 10.6. The lowest BCUT2D eigenvalue weighted by molar-refractivity contribution is -0.116. The van der Waals surface area contributed by atoms with Crippen molar-refractivity contribution in [1.29, 1.82) is 0 Å². The Labute approximate surface area is 155 Å². The van der Waals surface area contributed by atoms with Gasteiger partial charge in [0, 0.05) is 5.69 Å². The van der Waals surface area contributed by atoms with Gasteiger partial charge in [-0.25, -0.2) is 9.78 Å². The van der Waals surface area contributed by atoms with Crippen molar-refractivity contribution in [2.75, 3.05) is 12.4 Å². The van der Waals surface area contributed by atoms with Crippen molar-refractivity contribution in [2.45, 2.75) is 20.4 Å². The Hall–Kier alpha value is -3.48. The van der Waals surface area contributed by atoms with E-state index in [1.54, 1.807) is 43.3 Å². The van der Waals surface area contributed by atoms with Crippen LogP contribution in [0.3, 0.4) is 0 Å². The molecule has 0 bridgehead atoms. The molecule has 0 saturated carbocycles. The molecule has 1 amide bonds. The van der Waals surface area contributed by atoms with E-state index in [0.717, 1.165) is 5.56 Å². The van der Waals surface area contributed by atoms with Crippen LogP contribution in [0.15, 0.2) is 47.3 Å². The van der Waals surface area contributed by atoms with Crippen LogP contribution in [-0.2, 0) is 16.1 Å². The molecule has 7 nitrogen and oxygen atoms in total. The Bertz CT molecular complexity index is 1100. The molecule has 0 aliphatic carbocycles. The van der Waals surface area contributed by atoms with E-state index in [9.17, 15) is 14.4 Å². The van der Waals surface area contributed by atoms with Crippen LogP contribution in [0.5, 0.6) is 0 Å². The number of amides is 1. The van der Waals surface area contributed by atoms with Gasteiger partial charge in [-0.1, -0.05) is 18.2 Å². The zero-order chi connectivity index (χ0) is 19.6. The second kappa shape index (κ2) is 7.41. The number of hydrogen-bond donors (Lipinski definition) is 1. The number of aryl methyl sites for hydroxylation is 2. The van der Waals surface area contributed by atoms with Gasteiger partial charge in [0.2, 0.25) is 5.91 Å². The van der Waals surface area contributed by atoms with Gasteiger partial charge in [-0.3, -0.25) is 14.2 Å². The molecule has 0 radical (unpaired) electrons. The van der Waals surface area contributed by atoms with Gasteiger partial charge >= 0.3 is 5.97 Å². The van der Waals surface area contributed by atoms with Crippen LogP contribution in [0.2, 0.25) is 0 Å². The molecule has 0 fully saturated rings. The zero-order valence-electron chi connectivity index (χ0n) is 15.3. The molecule has 0 saturated heterocycles. The van der Waals surface area contributed by atoms with Crippen molar-refractivity contribution < 1.29 is 14.3 Å². The summed E-state index contributed by atoms with van der Waals surface area (Å²) in [7, 11) is 1.29. The molecule has 3 rings (SSSR count). The van der Waals surface area contributed by atoms with Gasteiger partial charge in [0.15, 0.2) is 0 Å². The summed E-state index contributed by atoms with van der Waals surface area (Å²) >= 11 is 0. The van der Waals surface area contributed by atoms with Crippen LogP contribution >= 0.6 is 0 Å². The second-order valence-electron chi connectivity index (χ2n) is 6.14. The summed E-state index contributed by atoms with van der Waals surface area (Å²) in [6.45, 7) is 3.32. The van der Waals surface area contributed by atoms with Crippen LogP contribution in [0.4, 0.5) is 5.69 Å². The minimum atomic E-state index is -0.490. The van der Waals surface area contributed by atoms with Gasteiger partial charge in [-0.05, 0) is 43.7 Å². The number of hydrogen-bond acceptors (Lipinski definition) is 5. The molecular weight excluding hydrogens is 346 g/mol. The number of anilines is 1. The highest BCUT2D eigenvalue weighted by Crippen LogP contribution is 2.18. The summed E-state index contributed by atoms with van der Waals surface area (Å²) in [4.78, 5) is 41.2. The van der Waals surface area contributed by atoms with Gasteiger partial charge in [0.1, 0.15) is 12.4 Å². The fourth-order valence-electron chi connectivity index (χ4n) is 2.80. The molecule has 7 heteroatoms. The van der Waals surface area contributed by atoms with Gasteiger partial charge in [-0.2, -0.15) is 0 Å². The SMILES string of the molecule is COC(=O)c1ccc(C)c(NC(=O)Cn2c(C)nc3ccccc3c2=O)c1. The molecule has 138 valence electrons. The lowest BCUT2D eigenvalue weighted by atomic mass is 10.1. The average molecular weight is 365 g/mol. The van der Waals surface area contributed by atoms with Crippen molar-refractivity contribution in [3.63, 3.8) is 0 Å². The fourth-order valence-corrected chi connectivity index (χ4v) is 2.80. The Balaban J connectivity index is 1.88. The van der Waals surface area contributed by atoms with Crippen LogP contribution in [-0.4, -0.2) is 28.5 Å². The number of ether oxygens (including phenoxy) is 1. The largest absolute Gasteiger partial charge is 0.465 e. The molecule has 27 heavy (non-hydrogen) atoms. The number of para-hydroxylation sites is 1. The van der Waals surface area contributed by atoms with E-state index in [4.69, 9.17) is 4.74 Å². The van der Waals surface area contributed by atoms with Crippen molar-refractivity contribution >= 4 is 28.5 Å². The van der Waals surface area contributed by atoms with E-state index in [-0.39, 0.29) is 18.0 Å². The summed E-state index contributed by atoms with van der Waals surface area (Å²) < 4.78 is 6.03. The Morgan fingerprint density at radius 2 is 1.89 bits per heavy atom. The van der Waals surface area contributed by atoms with Gasteiger partial charge < -0.3 is 10.1 Å². The highest BCUT2D eigenvalue weighted by Gasteiger charge is 2.14. The molecule has 1 aromatic heterocycles. The molecular formula is C20H19N3O4. The number of fused-ring (bicyclic) bond motifs is 1. The third kappa shape index (κ3) is 3.72. The molecule has 2 aromatic carbocycles. The number of nitrogens with zero attached hydrogens (tertiary/aromatic N) is 2. The number of benzene rings is 2. The third-order valence-electron chi connectivity index (χ3n) is 4.29. The Morgan fingerprint density at radius 3 is 2.63 bits per heavy atom. The lowest BCUT2D eigenvalue weighted by Crippen LogP contribution is -2.30. The first kappa shape index (κ1) is 18.3. The van der Waals surface area contributed by atoms with Crippen molar-refractivity contribution in [3.05, 3.63) is 69.8 Å². The standard InChI is InChI=1S/C20H19N3O4/c1-12-8-9-14(20(26)27-3)10-17(12)22-18(24)11-23-13(2)21-16-7-5-4-6-15(16)19(23)25/h4-10H,11H2,1-3H3,(H,22,24). The molecule has 1 N–H and O–H groups in total. The summed E-state index contributed by atoms with van der Waals surface area (Å²) in [5, 5.41) is 3.20. The number of carbonyl (C=O) groups is 2. The maximum Gasteiger partial charge on any atom is 0.337 e. The van der Waals surface area contributed by atoms with Crippen molar-refractivity contribution in [2.24, 2.45) is 0 Å². The highest BCUT2D eigenvalue weighted by atomic mass is 16.5. The quantitative estimate of drug-likeness (QED) is 0.717. The van der Waals surface area contributed by atoms with Gasteiger partial charge in [0.05, 0.1) is 23.6 Å². The number of rotatable bonds is 4. The van der Waals surface area contributed by atoms with Crippen LogP contribution in [0.1, 0.15) is 21.7 Å². The Kier molecular flexibility index (Phi) is 5.03. The monoisotopic (exact) mass is 365 g/mol. The minimum Gasteiger partial charge on any atom is -0.465 e. The number of esters is 1. The van der Waals surface area contributed by atoms with Gasteiger partial charge in [-0.15, -0.1) is 0 Å². The third-order valence-corrected chi connectivity index (χ3v) is 4.29. The lowest BCUT2D eigenvalue weighted by Gasteiger charge is -2.13. The van der Waals surface area contributed by atoms with E-state index in [1.807, 2.05) is 13.0 Å². The molecule has 3 aromatic rings. The summed E-state index contributed by atoms with van der Waals surface area (Å²) in [6, 6.07) is 11.9. The zero-order valence-corrected chi connectivity index (χ0v) is 15.3. The summed E-state index contributed by atoms with van der Waals surface area (Å²) in [6.07, 6.45) is 0. The maximum atomic E-state index is 12.7. The summed E-state index contributed by atoms with van der Waals surface area (Å²) in [5.41, 5.74) is 1.93. The van der Waals surface area contributed by atoms with Crippen molar-refractivity contribution in [3.8, 4) is 0 Å². The Morgan fingerprint density at radius 1 is 1.15 bits per heavy atom. The summed E-state index contributed by atoms with van der Waals surface area (Å²) in [5.74, 6) is -0.424. The first-order valence-electron chi connectivity index (χ1n) is 8.35. The molecule has 1 heterocycles. The smallest absolute Gasteiger partial charge is 0.337 e. The predicted molar refractivity (Wildman–Crippen MR) is 102 cm³/mol. The molecule has 0 atom stereocenters. The fraction of sp³-hybridized carbons (Fsp3) is 0.200. The predicted octanol–water partition coefficient (Wildman–Crippen LogP) is 2.44. The number of nitrogens with one attached hydrogen (secondary N) is 1. The minimum absolute atomic E-state index is 0.176. The van der Waals surface area contributed by atoms with E-state index in [2.05, 4.69) is 10.3 Å². The van der Waals surface area contributed by atoms with Crippen LogP contribution in [0, 0.1) is 13.8 Å². The molecule has 0 aliphatic heterocycles. The number of carbonyl (C=O) groups excluding carboxylic acids is 2. The first-order chi connectivity index (χ1) is 12.9. The van der Waals surface area contributed by atoms with Gasteiger partial charge in [0.25, 0.3) is 5.56 Å². The van der Waals surface area contributed by atoms with Crippen LogP contribution in [0.25, 0.3) is 10.9 Å². The average Bonchev–Trinajstić information content (AvgIpc) is 2.66. The van der Waals surface area contributed by atoms with E-state index in [0.29, 0.717) is 28.0 Å². The number of methoxy groups -OCH3 is 1. The maximum absolute atomic E-state index is 12.7. The highest BCUT2D eigenvalue weighted by molar-refractivity contribution is 5.95. The first-order valence-corrected chi connectivity index (χ1v) is 8.35.